The highest BCUT2D eigenvalue weighted by atomic mass is 16.5. The molecule has 7 nitrogen and oxygen atoms in total. The van der Waals surface area contributed by atoms with Crippen LogP contribution in [0.1, 0.15) is 25.2 Å². The number of nitrogens with zero attached hydrogens (tertiary/aromatic N) is 4. The van der Waals surface area contributed by atoms with E-state index in [1.807, 2.05) is 14.0 Å². The van der Waals surface area contributed by atoms with Crippen LogP contribution in [0.3, 0.4) is 0 Å². The lowest BCUT2D eigenvalue weighted by molar-refractivity contribution is 0.119. The maximum absolute atomic E-state index is 5.90. The van der Waals surface area contributed by atoms with Crippen molar-refractivity contribution in [3.8, 4) is 11.5 Å². The summed E-state index contributed by atoms with van der Waals surface area (Å²) >= 11 is 0. The van der Waals surface area contributed by atoms with Crippen LogP contribution in [-0.4, -0.2) is 33.1 Å². The normalized spacial score (nSPS) is 12.8. The van der Waals surface area contributed by atoms with Crippen LogP contribution in [-0.2, 0) is 11.8 Å². The van der Waals surface area contributed by atoms with Gasteiger partial charge in [0.1, 0.15) is 0 Å². The summed E-state index contributed by atoms with van der Waals surface area (Å²) < 4.78 is 12.2. The Morgan fingerprint density at radius 1 is 1.56 bits per heavy atom. The first-order valence-corrected chi connectivity index (χ1v) is 5.86. The predicted molar refractivity (Wildman–Crippen MR) is 64.5 cm³/mol. The van der Waals surface area contributed by atoms with Crippen molar-refractivity contribution < 1.29 is 9.26 Å². The van der Waals surface area contributed by atoms with Gasteiger partial charge in [0.05, 0.1) is 24.4 Å². The standard InChI is InChI=1S/C11H17N5O2/c1-3-4-17-7-9(12)10-14-11(18-15-10)8-5-13-16(2)6-8/h5-6,9H,3-4,7,12H2,1-2H3. The molecule has 1 atom stereocenters. The van der Waals surface area contributed by atoms with Gasteiger partial charge in [-0.05, 0) is 6.42 Å². The van der Waals surface area contributed by atoms with E-state index < -0.39 is 0 Å². The van der Waals surface area contributed by atoms with Gasteiger partial charge in [0.2, 0.25) is 0 Å². The molecular formula is C11H17N5O2. The van der Waals surface area contributed by atoms with E-state index in [9.17, 15) is 0 Å². The Bertz CT molecular complexity index is 493. The third kappa shape index (κ3) is 2.93. The molecular weight excluding hydrogens is 234 g/mol. The van der Waals surface area contributed by atoms with Crippen molar-refractivity contribution in [2.24, 2.45) is 12.8 Å². The summed E-state index contributed by atoms with van der Waals surface area (Å²) in [7, 11) is 1.82. The van der Waals surface area contributed by atoms with Gasteiger partial charge in [0.25, 0.3) is 5.89 Å². The summed E-state index contributed by atoms with van der Waals surface area (Å²) in [4.78, 5) is 4.24. The molecule has 98 valence electrons. The average molecular weight is 251 g/mol. The quantitative estimate of drug-likeness (QED) is 0.767. The monoisotopic (exact) mass is 251 g/mol. The molecule has 0 spiro atoms. The number of hydrogen-bond acceptors (Lipinski definition) is 6. The number of ether oxygens (including phenoxy) is 1. The van der Waals surface area contributed by atoms with Gasteiger partial charge in [-0.15, -0.1) is 0 Å². The maximum atomic E-state index is 5.90. The smallest absolute Gasteiger partial charge is 0.261 e. The van der Waals surface area contributed by atoms with Crippen LogP contribution in [0.5, 0.6) is 0 Å². The van der Waals surface area contributed by atoms with E-state index in [4.69, 9.17) is 15.0 Å². The molecule has 2 heterocycles. The maximum Gasteiger partial charge on any atom is 0.261 e. The molecule has 2 aromatic rings. The molecule has 0 aliphatic carbocycles. The number of aromatic nitrogens is 4. The van der Waals surface area contributed by atoms with Gasteiger partial charge >= 0.3 is 0 Å². The molecule has 0 aliphatic heterocycles. The Morgan fingerprint density at radius 3 is 3.06 bits per heavy atom. The predicted octanol–water partition coefficient (Wildman–Crippen LogP) is 0.896. The molecule has 2 aromatic heterocycles. The van der Waals surface area contributed by atoms with Crippen molar-refractivity contribution >= 4 is 0 Å². The lowest BCUT2D eigenvalue weighted by Gasteiger charge is -2.06. The molecule has 0 saturated heterocycles. The average Bonchev–Trinajstić information content (AvgIpc) is 2.97. The van der Waals surface area contributed by atoms with Gasteiger partial charge in [0, 0.05) is 19.9 Å². The number of nitrogens with two attached hydrogens (primary N) is 1. The van der Waals surface area contributed by atoms with Crippen molar-refractivity contribution in [1.82, 2.24) is 19.9 Å². The summed E-state index contributed by atoms with van der Waals surface area (Å²) in [6.07, 6.45) is 4.42. The van der Waals surface area contributed by atoms with Crippen LogP contribution in [0.25, 0.3) is 11.5 Å². The van der Waals surface area contributed by atoms with Crippen LogP contribution in [0, 0.1) is 0 Å². The minimum absolute atomic E-state index is 0.370. The lowest BCUT2D eigenvalue weighted by atomic mass is 10.3. The number of rotatable bonds is 6. The first kappa shape index (κ1) is 12.7. The second kappa shape index (κ2) is 5.74. The van der Waals surface area contributed by atoms with E-state index in [1.54, 1.807) is 17.1 Å². The second-order valence-corrected chi connectivity index (χ2v) is 4.04. The summed E-state index contributed by atoms with van der Waals surface area (Å²) in [5.74, 6) is 0.869. The van der Waals surface area contributed by atoms with E-state index in [0.29, 0.717) is 24.9 Å². The fourth-order valence-electron chi connectivity index (χ4n) is 1.46. The van der Waals surface area contributed by atoms with Crippen molar-refractivity contribution in [3.05, 3.63) is 18.2 Å². The van der Waals surface area contributed by atoms with Crippen molar-refractivity contribution in [1.29, 1.82) is 0 Å². The van der Waals surface area contributed by atoms with Gasteiger partial charge in [-0.3, -0.25) is 4.68 Å². The van der Waals surface area contributed by atoms with Crippen LogP contribution in [0.2, 0.25) is 0 Å². The molecule has 18 heavy (non-hydrogen) atoms. The lowest BCUT2D eigenvalue weighted by Crippen LogP contribution is -2.18. The largest absolute Gasteiger partial charge is 0.379 e. The van der Waals surface area contributed by atoms with E-state index in [1.165, 1.54) is 0 Å². The van der Waals surface area contributed by atoms with Crippen molar-refractivity contribution in [2.45, 2.75) is 19.4 Å². The van der Waals surface area contributed by atoms with E-state index in [-0.39, 0.29) is 6.04 Å². The SMILES string of the molecule is CCCOCC(N)c1noc(-c2cnn(C)c2)n1. The first-order chi connectivity index (χ1) is 8.70. The Labute approximate surface area is 105 Å². The van der Waals surface area contributed by atoms with Crippen LogP contribution in [0.4, 0.5) is 0 Å². The topological polar surface area (TPSA) is 92.0 Å². The molecule has 7 heteroatoms. The van der Waals surface area contributed by atoms with E-state index in [2.05, 4.69) is 15.2 Å². The highest BCUT2D eigenvalue weighted by Crippen LogP contribution is 2.17. The van der Waals surface area contributed by atoms with Crippen LogP contribution in [0.15, 0.2) is 16.9 Å². The van der Waals surface area contributed by atoms with Crippen LogP contribution < -0.4 is 5.73 Å². The minimum Gasteiger partial charge on any atom is -0.379 e. The Balaban J connectivity index is 2.01. The molecule has 0 radical (unpaired) electrons. The molecule has 0 bridgehead atoms. The summed E-state index contributed by atoms with van der Waals surface area (Å²) in [6, 6.07) is -0.370. The highest BCUT2D eigenvalue weighted by Gasteiger charge is 2.16. The van der Waals surface area contributed by atoms with Crippen molar-refractivity contribution in [2.75, 3.05) is 13.2 Å². The van der Waals surface area contributed by atoms with E-state index >= 15 is 0 Å². The number of hydrogen-bond donors (Lipinski definition) is 1. The molecule has 0 saturated carbocycles. The second-order valence-electron chi connectivity index (χ2n) is 4.04. The Kier molecular flexibility index (Phi) is 4.06. The zero-order chi connectivity index (χ0) is 13.0. The first-order valence-electron chi connectivity index (χ1n) is 5.86. The minimum atomic E-state index is -0.370. The van der Waals surface area contributed by atoms with E-state index in [0.717, 1.165) is 12.0 Å². The zero-order valence-electron chi connectivity index (χ0n) is 10.5. The third-order valence-electron chi connectivity index (χ3n) is 2.37. The third-order valence-corrected chi connectivity index (χ3v) is 2.37. The molecule has 2 N–H and O–H groups in total. The van der Waals surface area contributed by atoms with Gasteiger partial charge in [-0.1, -0.05) is 12.1 Å². The van der Waals surface area contributed by atoms with Gasteiger partial charge < -0.3 is 15.0 Å². The summed E-state index contributed by atoms with van der Waals surface area (Å²) in [5.41, 5.74) is 6.68. The van der Waals surface area contributed by atoms with Gasteiger partial charge in [-0.25, -0.2) is 0 Å². The zero-order valence-corrected chi connectivity index (χ0v) is 10.5. The fraction of sp³-hybridized carbons (Fsp3) is 0.545. The Morgan fingerprint density at radius 2 is 2.39 bits per heavy atom. The molecule has 2 rings (SSSR count). The number of aryl methyl sites for hydroxylation is 1. The molecule has 1 unspecified atom stereocenters. The van der Waals surface area contributed by atoms with Gasteiger partial charge in [-0.2, -0.15) is 10.1 Å². The summed E-state index contributed by atoms with van der Waals surface area (Å²) in [5, 5.41) is 7.89. The summed E-state index contributed by atoms with van der Waals surface area (Å²) in [6.45, 7) is 3.11. The Hall–Kier alpha value is -1.73. The van der Waals surface area contributed by atoms with Crippen molar-refractivity contribution in [3.63, 3.8) is 0 Å². The fourth-order valence-corrected chi connectivity index (χ4v) is 1.46. The molecule has 0 aliphatic rings. The molecule has 0 aromatic carbocycles. The molecule has 0 fully saturated rings. The van der Waals surface area contributed by atoms with Gasteiger partial charge in [0.15, 0.2) is 5.82 Å². The van der Waals surface area contributed by atoms with Crippen LogP contribution >= 0.6 is 0 Å². The molecule has 0 amide bonds. The highest BCUT2D eigenvalue weighted by molar-refractivity contribution is 5.49.